The second-order valence-corrected chi connectivity index (χ2v) is 18.8. The lowest BCUT2D eigenvalue weighted by molar-refractivity contribution is 0.794. The van der Waals surface area contributed by atoms with Crippen LogP contribution in [0.25, 0.3) is 113 Å². The lowest BCUT2D eigenvalue weighted by atomic mass is 9.70. The van der Waals surface area contributed by atoms with E-state index in [4.69, 9.17) is 24.9 Å². The van der Waals surface area contributed by atoms with E-state index in [-0.39, 0.29) is 0 Å². The fourth-order valence-electron chi connectivity index (χ4n) is 11.2. The van der Waals surface area contributed by atoms with Gasteiger partial charge in [-0.15, -0.1) is 0 Å². The van der Waals surface area contributed by atoms with Gasteiger partial charge in [-0.1, -0.05) is 231 Å². The molecule has 0 unspecified atom stereocenters. The van der Waals surface area contributed by atoms with Crippen LogP contribution in [0.4, 0.5) is 0 Å². The molecule has 0 fully saturated rings. The zero-order valence-electron chi connectivity index (χ0n) is 39.6. The zero-order valence-corrected chi connectivity index (χ0v) is 39.6. The predicted molar refractivity (Wildman–Crippen MR) is 295 cm³/mol. The van der Waals surface area contributed by atoms with Crippen molar-refractivity contribution in [3.63, 3.8) is 0 Å². The van der Waals surface area contributed by atoms with E-state index < -0.39 is 5.41 Å². The average molecular weight is 930 g/mol. The SMILES string of the molecule is c1ccc(-c2cc(-c3cccc(-c4ccc5c(c4)C4(c6ccccc6-c6ccccc64)c4cc(-c6cccc(-c7nc(-c8ccccc8)nc(-c8ccccc8)n7)c6)ccc4-5)c3)nc(-c3ccccc3)n2)cc1. The highest BCUT2D eigenvalue weighted by atomic mass is 15.0. The van der Waals surface area contributed by atoms with Crippen LogP contribution in [0.15, 0.2) is 261 Å². The van der Waals surface area contributed by atoms with Crippen LogP contribution >= 0.6 is 0 Å². The first kappa shape index (κ1) is 42.2. The largest absolute Gasteiger partial charge is 0.228 e. The minimum Gasteiger partial charge on any atom is -0.228 e. The summed E-state index contributed by atoms with van der Waals surface area (Å²) in [5, 5.41) is 0. The Balaban J connectivity index is 0.906. The molecule has 10 aromatic carbocycles. The molecule has 340 valence electrons. The Bertz CT molecular complexity index is 3700. The summed E-state index contributed by atoms with van der Waals surface area (Å²) in [6, 6.07) is 92.6. The van der Waals surface area contributed by atoms with Gasteiger partial charge >= 0.3 is 0 Å². The van der Waals surface area contributed by atoms with Gasteiger partial charge in [-0.2, -0.15) is 0 Å². The molecule has 0 radical (unpaired) electrons. The summed E-state index contributed by atoms with van der Waals surface area (Å²) in [6.45, 7) is 0. The highest BCUT2D eigenvalue weighted by Gasteiger charge is 2.51. The van der Waals surface area contributed by atoms with Gasteiger partial charge in [0.1, 0.15) is 0 Å². The molecule has 5 heteroatoms. The number of hydrogen-bond donors (Lipinski definition) is 0. The molecule has 0 amide bonds. The van der Waals surface area contributed by atoms with E-state index in [0.717, 1.165) is 67.0 Å². The zero-order chi connectivity index (χ0) is 48.3. The van der Waals surface area contributed by atoms with Crippen LogP contribution in [0.3, 0.4) is 0 Å². The molecule has 0 aliphatic heterocycles. The summed E-state index contributed by atoms with van der Waals surface area (Å²) >= 11 is 0. The first-order valence-corrected chi connectivity index (χ1v) is 24.7. The van der Waals surface area contributed by atoms with Gasteiger partial charge < -0.3 is 0 Å². The quantitative estimate of drug-likeness (QED) is 0.152. The monoisotopic (exact) mass is 929 g/mol. The van der Waals surface area contributed by atoms with Crippen LogP contribution in [0.5, 0.6) is 0 Å². The first-order chi connectivity index (χ1) is 36.2. The van der Waals surface area contributed by atoms with Crippen molar-refractivity contribution in [3.05, 3.63) is 283 Å². The second-order valence-electron chi connectivity index (χ2n) is 18.8. The van der Waals surface area contributed by atoms with E-state index in [2.05, 4.69) is 176 Å². The molecule has 2 aliphatic rings. The van der Waals surface area contributed by atoms with Gasteiger partial charge in [0.2, 0.25) is 0 Å². The molecular weight excluding hydrogens is 887 g/mol. The highest BCUT2D eigenvalue weighted by Crippen LogP contribution is 2.63. The van der Waals surface area contributed by atoms with Gasteiger partial charge in [-0.3, -0.25) is 0 Å². The maximum absolute atomic E-state index is 5.19. The summed E-state index contributed by atoms with van der Waals surface area (Å²) in [4.78, 5) is 25.4. The molecule has 2 aromatic heterocycles. The van der Waals surface area contributed by atoms with E-state index in [0.29, 0.717) is 23.3 Å². The topological polar surface area (TPSA) is 64.5 Å². The van der Waals surface area contributed by atoms with Crippen LogP contribution < -0.4 is 0 Å². The Hall–Kier alpha value is -9.71. The molecule has 0 N–H and O–H groups in total. The van der Waals surface area contributed by atoms with Gasteiger partial charge in [0.15, 0.2) is 23.3 Å². The molecule has 0 bridgehead atoms. The number of benzene rings is 10. The van der Waals surface area contributed by atoms with Crippen LogP contribution in [0.2, 0.25) is 0 Å². The van der Waals surface area contributed by atoms with Crippen molar-refractivity contribution in [1.29, 1.82) is 0 Å². The van der Waals surface area contributed by atoms with Crippen molar-refractivity contribution < 1.29 is 0 Å². The second kappa shape index (κ2) is 17.3. The lowest BCUT2D eigenvalue weighted by Gasteiger charge is -2.31. The molecule has 1 spiro atoms. The minimum atomic E-state index is -0.565. The number of rotatable bonds is 8. The van der Waals surface area contributed by atoms with Crippen molar-refractivity contribution >= 4 is 0 Å². The third kappa shape index (κ3) is 7.12. The molecular formula is C68H43N5. The van der Waals surface area contributed by atoms with Crippen molar-refractivity contribution in [2.24, 2.45) is 0 Å². The minimum absolute atomic E-state index is 0.565. The van der Waals surface area contributed by atoms with Crippen LogP contribution in [-0.2, 0) is 5.41 Å². The molecule has 0 atom stereocenters. The Morgan fingerprint density at radius 1 is 0.192 bits per heavy atom. The van der Waals surface area contributed by atoms with Crippen molar-refractivity contribution in [1.82, 2.24) is 24.9 Å². The van der Waals surface area contributed by atoms with Gasteiger partial charge in [0, 0.05) is 33.4 Å². The summed E-state index contributed by atoms with van der Waals surface area (Å²) in [7, 11) is 0. The molecule has 2 heterocycles. The van der Waals surface area contributed by atoms with E-state index in [9.17, 15) is 0 Å². The van der Waals surface area contributed by atoms with Crippen LogP contribution in [0.1, 0.15) is 22.3 Å². The smallest absolute Gasteiger partial charge is 0.164 e. The molecule has 2 aliphatic carbocycles. The van der Waals surface area contributed by atoms with Crippen molar-refractivity contribution in [2.75, 3.05) is 0 Å². The first-order valence-electron chi connectivity index (χ1n) is 24.7. The maximum Gasteiger partial charge on any atom is 0.164 e. The van der Waals surface area contributed by atoms with Crippen molar-refractivity contribution in [2.45, 2.75) is 5.41 Å². The third-order valence-corrected chi connectivity index (χ3v) is 14.6. The van der Waals surface area contributed by atoms with Gasteiger partial charge in [0.05, 0.1) is 16.8 Å². The molecule has 73 heavy (non-hydrogen) atoms. The number of fused-ring (bicyclic) bond motifs is 10. The molecule has 5 nitrogen and oxygen atoms in total. The normalized spacial score (nSPS) is 12.5. The summed E-state index contributed by atoms with van der Waals surface area (Å²) in [6.07, 6.45) is 0. The Morgan fingerprint density at radius 2 is 0.521 bits per heavy atom. The van der Waals surface area contributed by atoms with E-state index in [1.165, 1.54) is 44.5 Å². The standard InChI is InChI=1S/C68H43N5/c1-5-19-44(20-6-1)62-43-63(70-64(69-62)45-21-7-2-8-22-45)52-29-17-27-48(39-52)50-35-37-56-57-38-36-51(42-61(57)68(60(56)41-50)58-33-15-13-31-54(58)55-32-14-16-34-59(55)68)49-28-18-30-53(40-49)67-72-65(46-23-9-3-10-24-46)71-66(73-67)47-25-11-4-12-26-47/h1-43H. The number of nitrogens with zero attached hydrogens (tertiary/aromatic N) is 5. The average Bonchev–Trinajstić information content (AvgIpc) is 3.96. The Morgan fingerprint density at radius 3 is 1.01 bits per heavy atom. The van der Waals surface area contributed by atoms with Gasteiger partial charge in [-0.25, -0.2) is 24.9 Å². The van der Waals surface area contributed by atoms with Crippen LogP contribution in [0, 0.1) is 0 Å². The van der Waals surface area contributed by atoms with Gasteiger partial charge in [0.25, 0.3) is 0 Å². The highest BCUT2D eigenvalue weighted by molar-refractivity contribution is 5.97. The van der Waals surface area contributed by atoms with E-state index >= 15 is 0 Å². The Labute approximate surface area is 424 Å². The predicted octanol–water partition coefficient (Wildman–Crippen LogP) is 16.3. The fourth-order valence-corrected chi connectivity index (χ4v) is 11.2. The Kier molecular flexibility index (Phi) is 10.0. The van der Waals surface area contributed by atoms with E-state index in [1.807, 2.05) is 84.9 Å². The van der Waals surface area contributed by atoms with E-state index in [1.54, 1.807) is 0 Å². The molecule has 0 saturated carbocycles. The van der Waals surface area contributed by atoms with Crippen LogP contribution in [-0.4, -0.2) is 24.9 Å². The summed E-state index contributed by atoms with van der Waals surface area (Å²) in [5.74, 6) is 2.60. The fraction of sp³-hybridized carbons (Fsp3) is 0.0147. The van der Waals surface area contributed by atoms with Gasteiger partial charge in [-0.05, 0) is 97.1 Å². The number of aromatic nitrogens is 5. The summed E-state index contributed by atoms with van der Waals surface area (Å²) < 4.78 is 0. The molecule has 0 saturated heterocycles. The van der Waals surface area contributed by atoms with Crippen molar-refractivity contribution in [3.8, 4) is 113 Å². The lowest BCUT2D eigenvalue weighted by Crippen LogP contribution is -2.26. The third-order valence-electron chi connectivity index (χ3n) is 14.6. The maximum atomic E-state index is 5.19. The number of hydrogen-bond acceptors (Lipinski definition) is 5. The molecule has 12 aromatic rings. The summed E-state index contributed by atoms with van der Waals surface area (Å²) in [5.41, 5.74) is 21.7. The molecule has 14 rings (SSSR count).